The van der Waals surface area contributed by atoms with Gasteiger partial charge in [0.2, 0.25) is 0 Å². The lowest BCUT2D eigenvalue weighted by Gasteiger charge is -2.33. The second kappa shape index (κ2) is 6.18. The Hall–Kier alpha value is -0.370. The summed E-state index contributed by atoms with van der Waals surface area (Å²) < 4.78 is 0. The van der Waals surface area contributed by atoms with Crippen molar-refractivity contribution in [3.8, 4) is 0 Å². The Balaban J connectivity index is 4.52. The van der Waals surface area contributed by atoms with Gasteiger partial charge in [-0.2, -0.15) is 0 Å². The molecular weight excluding hydrogens is 174 g/mol. The number of carbonyl (C=O) groups excluding carboxylic acids is 1. The highest BCUT2D eigenvalue weighted by atomic mass is 16.1. The highest BCUT2D eigenvalue weighted by molar-refractivity contribution is 5.81. The largest absolute Gasteiger partial charge is 0.298 e. The van der Waals surface area contributed by atoms with Crippen LogP contribution in [0.5, 0.6) is 0 Å². The second-order valence-electron chi connectivity index (χ2n) is 4.68. The van der Waals surface area contributed by atoms with Crippen LogP contribution in [0.3, 0.4) is 0 Å². The molecule has 0 bridgehead atoms. The summed E-state index contributed by atoms with van der Waals surface area (Å²) in [5, 5.41) is 0. The van der Waals surface area contributed by atoms with Crippen molar-refractivity contribution in [2.24, 2.45) is 5.92 Å². The van der Waals surface area contributed by atoms with Gasteiger partial charge < -0.3 is 0 Å². The van der Waals surface area contributed by atoms with Gasteiger partial charge in [0.25, 0.3) is 0 Å². The molecule has 14 heavy (non-hydrogen) atoms. The van der Waals surface area contributed by atoms with Crippen LogP contribution < -0.4 is 0 Å². The maximum absolute atomic E-state index is 11.5. The van der Waals surface area contributed by atoms with Crippen molar-refractivity contribution in [1.29, 1.82) is 0 Å². The fraction of sp³-hybridized carbons (Fsp3) is 0.917. The standard InChI is InChI=1S/C12H25NO/c1-7-13(10(4)5)12(11(6)14)8-9(2)3/h9-10,12H,7-8H2,1-6H3. The van der Waals surface area contributed by atoms with E-state index >= 15 is 0 Å². The number of hydrogen-bond donors (Lipinski definition) is 0. The summed E-state index contributed by atoms with van der Waals surface area (Å²) in [6.07, 6.45) is 0.974. The molecule has 0 rings (SSSR count). The fourth-order valence-corrected chi connectivity index (χ4v) is 1.93. The second-order valence-corrected chi connectivity index (χ2v) is 4.68. The molecule has 0 amide bonds. The third-order valence-corrected chi connectivity index (χ3v) is 2.59. The van der Waals surface area contributed by atoms with E-state index in [-0.39, 0.29) is 6.04 Å². The van der Waals surface area contributed by atoms with Crippen molar-refractivity contribution >= 4 is 5.78 Å². The molecule has 0 radical (unpaired) electrons. The minimum atomic E-state index is 0.111. The number of Topliss-reactive ketones (excluding diaryl/α,β-unsaturated/α-hetero) is 1. The van der Waals surface area contributed by atoms with Gasteiger partial charge in [-0.3, -0.25) is 9.69 Å². The molecule has 0 N–H and O–H groups in total. The van der Waals surface area contributed by atoms with Crippen molar-refractivity contribution in [3.63, 3.8) is 0 Å². The van der Waals surface area contributed by atoms with Crippen molar-refractivity contribution in [1.82, 2.24) is 4.90 Å². The Labute approximate surface area is 88.7 Å². The molecule has 0 aliphatic carbocycles. The lowest BCUT2D eigenvalue weighted by Crippen LogP contribution is -2.45. The zero-order chi connectivity index (χ0) is 11.3. The van der Waals surface area contributed by atoms with Crippen LogP contribution in [0.4, 0.5) is 0 Å². The van der Waals surface area contributed by atoms with E-state index in [2.05, 4.69) is 39.5 Å². The maximum Gasteiger partial charge on any atom is 0.146 e. The fourth-order valence-electron chi connectivity index (χ4n) is 1.93. The summed E-state index contributed by atoms with van der Waals surface area (Å²) in [5.74, 6) is 0.881. The molecule has 0 aliphatic heterocycles. The maximum atomic E-state index is 11.5. The van der Waals surface area contributed by atoms with E-state index in [9.17, 15) is 4.79 Å². The van der Waals surface area contributed by atoms with Gasteiger partial charge in [0.1, 0.15) is 5.78 Å². The average Bonchev–Trinajstić information content (AvgIpc) is 2.02. The first-order valence-electron chi connectivity index (χ1n) is 5.66. The van der Waals surface area contributed by atoms with Crippen molar-refractivity contribution < 1.29 is 4.79 Å². The number of rotatable bonds is 6. The molecule has 0 aromatic heterocycles. The summed E-state index contributed by atoms with van der Waals surface area (Å²) in [6.45, 7) is 13.4. The molecule has 0 saturated heterocycles. The Bertz CT molecular complexity index is 175. The number of nitrogens with zero attached hydrogens (tertiary/aromatic N) is 1. The smallest absolute Gasteiger partial charge is 0.146 e. The first-order chi connectivity index (χ1) is 6.40. The minimum absolute atomic E-state index is 0.111. The monoisotopic (exact) mass is 199 g/mol. The summed E-state index contributed by atoms with van der Waals surface area (Å²) in [7, 11) is 0. The minimum Gasteiger partial charge on any atom is -0.298 e. The average molecular weight is 199 g/mol. The lowest BCUT2D eigenvalue weighted by atomic mass is 9.98. The molecule has 0 fully saturated rings. The van der Waals surface area contributed by atoms with E-state index in [0.717, 1.165) is 13.0 Å². The van der Waals surface area contributed by atoms with E-state index in [1.54, 1.807) is 6.92 Å². The first kappa shape index (κ1) is 13.6. The lowest BCUT2D eigenvalue weighted by molar-refractivity contribution is -0.123. The predicted octanol–water partition coefficient (Wildman–Crippen LogP) is 2.72. The highest BCUT2D eigenvalue weighted by Crippen LogP contribution is 2.15. The topological polar surface area (TPSA) is 20.3 Å². The highest BCUT2D eigenvalue weighted by Gasteiger charge is 2.24. The number of ketones is 1. The quantitative estimate of drug-likeness (QED) is 0.655. The van der Waals surface area contributed by atoms with E-state index < -0.39 is 0 Å². The first-order valence-corrected chi connectivity index (χ1v) is 5.66. The number of hydrogen-bond acceptors (Lipinski definition) is 2. The van der Waals surface area contributed by atoms with Gasteiger partial charge in [-0.15, -0.1) is 0 Å². The van der Waals surface area contributed by atoms with E-state index in [4.69, 9.17) is 0 Å². The van der Waals surface area contributed by atoms with E-state index in [0.29, 0.717) is 17.7 Å². The molecule has 1 atom stereocenters. The van der Waals surface area contributed by atoms with Gasteiger partial charge >= 0.3 is 0 Å². The van der Waals surface area contributed by atoms with Crippen LogP contribution in [0.2, 0.25) is 0 Å². The molecule has 0 spiro atoms. The summed E-state index contributed by atoms with van der Waals surface area (Å²) in [5.41, 5.74) is 0. The zero-order valence-electron chi connectivity index (χ0n) is 10.5. The van der Waals surface area contributed by atoms with Gasteiger partial charge in [0.15, 0.2) is 0 Å². The van der Waals surface area contributed by atoms with E-state index in [1.165, 1.54) is 0 Å². The molecule has 0 heterocycles. The summed E-state index contributed by atoms with van der Waals surface area (Å²) in [4.78, 5) is 13.8. The van der Waals surface area contributed by atoms with Gasteiger partial charge in [-0.1, -0.05) is 20.8 Å². The zero-order valence-corrected chi connectivity index (χ0v) is 10.5. The molecule has 84 valence electrons. The van der Waals surface area contributed by atoms with Gasteiger partial charge in [-0.05, 0) is 39.7 Å². The van der Waals surface area contributed by atoms with Gasteiger partial charge in [-0.25, -0.2) is 0 Å². The van der Waals surface area contributed by atoms with Gasteiger partial charge in [0, 0.05) is 6.04 Å². The third kappa shape index (κ3) is 4.23. The van der Waals surface area contributed by atoms with Crippen LogP contribution in [0, 0.1) is 5.92 Å². The molecule has 1 unspecified atom stereocenters. The van der Waals surface area contributed by atoms with Crippen LogP contribution in [0.25, 0.3) is 0 Å². The van der Waals surface area contributed by atoms with Crippen molar-refractivity contribution in [2.75, 3.05) is 6.54 Å². The summed E-state index contributed by atoms with van der Waals surface area (Å²) in [6, 6.07) is 0.563. The van der Waals surface area contributed by atoms with Crippen LogP contribution >= 0.6 is 0 Å². The Morgan fingerprint density at radius 1 is 1.21 bits per heavy atom. The van der Waals surface area contributed by atoms with E-state index in [1.807, 2.05) is 0 Å². The normalized spacial score (nSPS) is 14.1. The van der Waals surface area contributed by atoms with Crippen molar-refractivity contribution in [2.45, 2.75) is 60.0 Å². The van der Waals surface area contributed by atoms with Crippen LogP contribution in [0.15, 0.2) is 0 Å². The molecule has 2 nitrogen and oxygen atoms in total. The Morgan fingerprint density at radius 3 is 1.93 bits per heavy atom. The Morgan fingerprint density at radius 2 is 1.71 bits per heavy atom. The predicted molar refractivity (Wildman–Crippen MR) is 61.4 cm³/mol. The van der Waals surface area contributed by atoms with Crippen LogP contribution in [-0.4, -0.2) is 29.3 Å². The SMILES string of the molecule is CCN(C(C)C)C(CC(C)C)C(C)=O. The number of carbonyl (C=O) groups is 1. The molecule has 0 aromatic carbocycles. The molecular formula is C12H25NO. The Kier molecular flexibility index (Phi) is 6.01. The number of likely N-dealkylation sites (N-methyl/N-ethyl adjacent to an activating group) is 1. The van der Waals surface area contributed by atoms with Gasteiger partial charge in [0.05, 0.1) is 6.04 Å². The molecule has 0 saturated carbocycles. The molecule has 0 aliphatic rings. The third-order valence-electron chi connectivity index (χ3n) is 2.59. The van der Waals surface area contributed by atoms with Crippen LogP contribution in [-0.2, 0) is 4.79 Å². The van der Waals surface area contributed by atoms with Crippen molar-refractivity contribution in [3.05, 3.63) is 0 Å². The van der Waals surface area contributed by atoms with Crippen LogP contribution in [0.1, 0.15) is 48.0 Å². The molecule has 2 heteroatoms. The summed E-state index contributed by atoms with van der Waals surface area (Å²) >= 11 is 0. The molecule has 0 aromatic rings.